The van der Waals surface area contributed by atoms with Gasteiger partial charge in [-0.25, -0.2) is 0 Å². The zero-order valence-electron chi connectivity index (χ0n) is 7.85. The quantitative estimate of drug-likeness (QED) is 0.742. The van der Waals surface area contributed by atoms with E-state index in [1.807, 2.05) is 13.0 Å². The van der Waals surface area contributed by atoms with Gasteiger partial charge in [0.15, 0.2) is 0 Å². The molecule has 3 nitrogen and oxygen atoms in total. The second-order valence-electron chi connectivity index (χ2n) is 3.04. The molecule has 1 aromatic heterocycles. The van der Waals surface area contributed by atoms with Crippen LogP contribution in [0.1, 0.15) is 30.2 Å². The Morgan fingerprint density at radius 2 is 2.31 bits per heavy atom. The second kappa shape index (κ2) is 3.90. The number of hydrogen-bond donors (Lipinski definition) is 1. The maximum Gasteiger partial charge on any atom is 0.266 e. The van der Waals surface area contributed by atoms with Crippen molar-refractivity contribution in [3.63, 3.8) is 0 Å². The number of rotatable bonds is 2. The van der Waals surface area contributed by atoms with Crippen LogP contribution in [0.5, 0.6) is 0 Å². The third kappa shape index (κ3) is 1.97. The number of aromatic amines is 1. The highest BCUT2D eigenvalue weighted by Gasteiger charge is 2.03. The summed E-state index contributed by atoms with van der Waals surface area (Å²) in [5, 5.41) is 8.59. The molecule has 0 fully saturated rings. The Hall–Kier alpha value is -1.56. The van der Waals surface area contributed by atoms with Crippen molar-refractivity contribution in [3.8, 4) is 6.07 Å². The normalized spacial score (nSPS) is 9.62. The minimum atomic E-state index is -0.281. The Morgan fingerprint density at radius 1 is 1.62 bits per heavy atom. The molecule has 13 heavy (non-hydrogen) atoms. The maximum absolute atomic E-state index is 11.2. The fourth-order valence-corrected chi connectivity index (χ4v) is 1.26. The Morgan fingerprint density at radius 3 is 2.85 bits per heavy atom. The van der Waals surface area contributed by atoms with Crippen LogP contribution in [0, 0.1) is 18.3 Å². The average Bonchev–Trinajstić information content (AvgIpc) is 2.11. The highest BCUT2D eigenvalue weighted by molar-refractivity contribution is 5.32. The van der Waals surface area contributed by atoms with Gasteiger partial charge in [-0.15, -0.1) is 0 Å². The molecule has 3 heteroatoms. The number of aryl methyl sites for hydroxylation is 2. The van der Waals surface area contributed by atoms with E-state index in [-0.39, 0.29) is 11.1 Å². The van der Waals surface area contributed by atoms with Gasteiger partial charge in [-0.3, -0.25) is 4.79 Å². The highest BCUT2D eigenvalue weighted by atomic mass is 16.1. The molecule has 1 aromatic rings. The van der Waals surface area contributed by atoms with E-state index < -0.39 is 0 Å². The lowest BCUT2D eigenvalue weighted by Gasteiger charge is -2.03. The summed E-state index contributed by atoms with van der Waals surface area (Å²) in [5.41, 5.74) is 1.83. The number of nitriles is 1. The molecule has 0 atom stereocenters. The van der Waals surface area contributed by atoms with E-state index >= 15 is 0 Å². The van der Waals surface area contributed by atoms with E-state index in [0.717, 1.165) is 24.1 Å². The van der Waals surface area contributed by atoms with Gasteiger partial charge in [-0.2, -0.15) is 5.26 Å². The molecule has 0 aliphatic carbocycles. The Balaban J connectivity index is 3.23. The van der Waals surface area contributed by atoms with Crippen molar-refractivity contribution in [3.05, 3.63) is 33.2 Å². The number of hydrogen-bond acceptors (Lipinski definition) is 2. The van der Waals surface area contributed by atoms with Crippen molar-refractivity contribution >= 4 is 0 Å². The smallest absolute Gasteiger partial charge is 0.266 e. The van der Waals surface area contributed by atoms with Gasteiger partial charge < -0.3 is 4.98 Å². The third-order valence-electron chi connectivity index (χ3n) is 1.97. The van der Waals surface area contributed by atoms with Crippen LogP contribution in [0.15, 0.2) is 10.9 Å². The molecule has 0 unspecified atom stereocenters. The predicted molar refractivity (Wildman–Crippen MR) is 50.5 cm³/mol. The average molecular weight is 176 g/mol. The van der Waals surface area contributed by atoms with E-state index in [4.69, 9.17) is 5.26 Å². The minimum absolute atomic E-state index is 0.192. The van der Waals surface area contributed by atoms with Crippen LogP contribution in [0.4, 0.5) is 0 Å². The molecule has 0 aromatic carbocycles. The summed E-state index contributed by atoms with van der Waals surface area (Å²) in [4.78, 5) is 13.9. The second-order valence-corrected chi connectivity index (χ2v) is 3.04. The molecular weight excluding hydrogens is 164 g/mol. The zero-order valence-corrected chi connectivity index (χ0v) is 7.85. The molecule has 0 radical (unpaired) electrons. The van der Waals surface area contributed by atoms with Crippen LogP contribution in [-0.2, 0) is 6.42 Å². The highest BCUT2D eigenvalue weighted by Crippen LogP contribution is 2.05. The van der Waals surface area contributed by atoms with Gasteiger partial charge in [0, 0.05) is 5.69 Å². The van der Waals surface area contributed by atoms with Gasteiger partial charge in [-0.05, 0) is 25.0 Å². The van der Waals surface area contributed by atoms with E-state index in [2.05, 4.69) is 11.9 Å². The molecule has 0 aliphatic heterocycles. The standard InChI is InChI=1S/C10H12N2O/c1-3-4-9-7(2)5-8(6-11)10(13)12-9/h5H,3-4H2,1-2H3,(H,12,13). The predicted octanol–water partition coefficient (Wildman–Crippen LogP) is 1.51. The van der Waals surface area contributed by atoms with Gasteiger partial charge in [0.05, 0.1) is 0 Å². The van der Waals surface area contributed by atoms with Crippen LogP contribution >= 0.6 is 0 Å². The lowest BCUT2D eigenvalue weighted by atomic mass is 10.1. The van der Waals surface area contributed by atoms with Gasteiger partial charge in [0.25, 0.3) is 5.56 Å². The maximum atomic E-state index is 11.2. The zero-order chi connectivity index (χ0) is 9.84. The monoisotopic (exact) mass is 176 g/mol. The largest absolute Gasteiger partial charge is 0.325 e. The number of nitrogens with zero attached hydrogens (tertiary/aromatic N) is 1. The molecule has 0 aliphatic rings. The van der Waals surface area contributed by atoms with Crippen molar-refractivity contribution in [2.45, 2.75) is 26.7 Å². The Labute approximate surface area is 77.0 Å². The summed E-state index contributed by atoms with van der Waals surface area (Å²) in [7, 11) is 0. The van der Waals surface area contributed by atoms with Gasteiger partial charge in [0.1, 0.15) is 11.6 Å². The van der Waals surface area contributed by atoms with Crippen molar-refractivity contribution in [1.29, 1.82) is 5.26 Å². The van der Waals surface area contributed by atoms with E-state index in [1.165, 1.54) is 0 Å². The van der Waals surface area contributed by atoms with Gasteiger partial charge in [0.2, 0.25) is 0 Å². The summed E-state index contributed by atoms with van der Waals surface area (Å²) >= 11 is 0. The number of H-pyrrole nitrogens is 1. The van der Waals surface area contributed by atoms with Crippen LogP contribution in [0.25, 0.3) is 0 Å². The van der Waals surface area contributed by atoms with Crippen LogP contribution in [-0.4, -0.2) is 4.98 Å². The SMILES string of the molecule is CCCc1[nH]c(=O)c(C#N)cc1C. The third-order valence-corrected chi connectivity index (χ3v) is 1.97. The first-order valence-electron chi connectivity index (χ1n) is 4.32. The Bertz CT molecular complexity index is 398. The summed E-state index contributed by atoms with van der Waals surface area (Å²) < 4.78 is 0. The van der Waals surface area contributed by atoms with E-state index in [0.29, 0.717) is 0 Å². The van der Waals surface area contributed by atoms with E-state index in [9.17, 15) is 4.79 Å². The van der Waals surface area contributed by atoms with Crippen molar-refractivity contribution in [2.75, 3.05) is 0 Å². The number of nitrogens with one attached hydrogen (secondary N) is 1. The summed E-state index contributed by atoms with van der Waals surface area (Å²) in [5.74, 6) is 0. The lowest BCUT2D eigenvalue weighted by Crippen LogP contribution is -2.13. The van der Waals surface area contributed by atoms with Crippen molar-refractivity contribution < 1.29 is 0 Å². The molecule has 1 N–H and O–H groups in total. The lowest BCUT2D eigenvalue weighted by molar-refractivity contribution is 0.862. The first kappa shape index (κ1) is 9.53. The van der Waals surface area contributed by atoms with E-state index in [1.54, 1.807) is 6.07 Å². The van der Waals surface area contributed by atoms with Crippen molar-refractivity contribution in [2.24, 2.45) is 0 Å². The molecule has 0 amide bonds. The molecule has 0 bridgehead atoms. The fourth-order valence-electron chi connectivity index (χ4n) is 1.26. The Kier molecular flexibility index (Phi) is 2.86. The molecule has 0 saturated heterocycles. The summed E-state index contributed by atoms with van der Waals surface area (Å²) in [6, 6.07) is 3.50. The number of pyridine rings is 1. The van der Waals surface area contributed by atoms with Crippen LogP contribution < -0.4 is 5.56 Å². The van der Waals surface area contributed by atoms with Crippen molar-refractivity contribution in [1.82, 2.24) is 4.98 Å². The molecule has 68 valence electrons. The molecule has 1 heterocycles. The summed E-state index contributed by atoms with van der Waals surface area (Å²) in [6.45, 7) is 3.96. The molecular formula is C10H12N2O. The molecule has 0 saturated carbocycles. The molecule has 0 spiro atoms. The first-order valence-corrected chi connectivity index (χ1v) is 4.32. The van der Waals surface area contributed by atoms with Gasteiger partial charge >= 0.3 is 0 Å². The van der Waals surface area contributed by atoms with Crippen LogP contribution in [0.3, 0.4) is 0 Å². The first-order chi connectivity index (χ1) is 6.19. The fraction of sp³-hybridized carbons (Fsp3) is 0.400. The summed E-state index contributed by atoms with van der Waals surface area (Å²) in [6.07, 6.45) is 1.84. The van der Waals surface area contributed by atoms with Crippen LogP contribution in [0.2, 0.25) is 0 Å². The van der Waals surface area contributed by atoms with Gasteiger partial charge in [-0.1, -0.05) is 13.3 Å². The molecule has 1 rings (SSSR count). The number of aromatic nitrogens is 1. The topological polar surface area (TPSA) is 56.6 Å². The minimum Gasteiger partial charge on any atom is -0.325 e.